The number of carbonyl (C=O) groups is 2. The van der Waals surface area contributed by atoms with Gasteiger partial charge in [-0.2, -0.15) is 0 Å². The van der Waals surface area contributed by atoms with Gasteiger partial charge in [0.2, 0.25) is 0 Å². The molecule has 0 saturated heterocycles. The van der Waals surface area contributed by atoms with Crippen LogP contribution in [0.2, 0.25) is 0 Å². The van der Waals surface area contributed by atoms with Crippen LogP contribution in [0, 0.1) is 0 Å². The molecule has 6 heteroatoms. The zero-order valence-corrected chi connectivity index (χ0v) is 13.5. The number of thiophene rings is 1. The highest BCUT2D eigenvalue weighted by Gasteiger charge is 2.41. The molecule has 0 unspecified atom stereocenters. The summed E-state index contributed by atoms with van der Waals surface area (Å²) in [6.07, 6.45) is -0.109. The Bertz CT molecular complexity index is 793. The number of rotatable bonds is 4. The molecule has 3 rings (SSSR count). The Kier molecular flexibility index (Phi) is 3.92. The van der Waals surface area contributed by atoms with Crippen LogP contribution in [-0.2, 0) is 9.59 Å². The predicted octanol–water partition coefficient (Wildman–Crippen LogP) is 3.38. The van der Waals surface area contributed by atoms with Crippen molar-refractivity contribution in [2.75, 3.05) is 4.90 Å². The second-order valence-electron chi connectivity index (χ2n) is 5.28. The number of hydrogen-bond acceptors (Lipinski definition) is 5. The Morgan fingerprint density at radius 2 is 1.83 bits per heavy atom. The molecular weight excluding hydrogens is 314 g/mol. The summed E-state index contributed by atoms with van der Waals surface area (Å²) < 4.78 is 5.67. The molecule has 2 amide bonds. The molecular formula is C17H15NO4S. The lowest BCUT2D eigenvalue weighted by atomic mass is 10.2. The normalized spacial score (nSPS) is 15.0. The highest BCUT2D eigenvalue weighted by Crippen LogP contribution is 2.37. The first kappa shape index (κ1) is 15.3. The van der Waals surface area contributed by atoms with Crippen molar-refractivity contribution in [2.24, 2.45) is 0 Å². The molecule has 5 nitrogen and oxygen atoms in total. The predicted molar refractivity (Wildman–Crippen MR) is 88.6 cm³/mol. The van der Waals surface area contributed by atoms with Crippen molar-refractivity contribution in [3.05, 3.63) is 52.4 Å². The van der Waals surface area contributed by atoms with E-state index < -0.39 is 17.6 Å². The number of imide groups is 1. The summed E-state index contributed by atoms with van der Waals surface area (Å²) in [5.74, 6) is -1.39. The largest absolute Gasteiger partial charge is 0.502 e. The van der Waals surface area contributed by atoms with Crippen LogP contribution in [0.15, 0.2) is 47.5 Å². The number of carbonyl (C=O) groups excluding carboxylic acids is 2. The van der Waals surface area contributed by atoms with Gasteiger partial charge in [0.25, 0.3) is 5.91 Å². The third-order valence-corrected chi connectivity index (χ3v) is 4.18. The van der Waals surface area contributed by atoms with Crippen LogP contribution in [-0.4, -0.2) is 23.0 Å². The molecule has 0 fully saturated rings. The van der Waals surface area contributed by atoms with Crippen molar-refractivity contribution in [3.8, 4) is 5.75 Å². The van der Waals surface area contributed by atoms with Crippen LogP contribution >= 0.6 is 11.3 Å². The van der Waals surface area contributed by atoms with Gasteiger partial charge in [0.05, 0.1) is 11.8 Å². The minimum absolute atomic E-state index is 0.0318. The average Bonchev–Trinajstić information content (AvgIpc) is 3.08. The summed E-state index contributed by atoms with van der Waals surface area (Å²) in [5, 5.41) is 11.9. The molecule has 2 heterocycles. The number of aliphatic hydroxyl groups excluding tert-OH is 1. The lowest BCUT2D eigenvalue weighted by molar-refractivity contribution is -0.121. The lowest BCUT2D eigenvalue weighted by Crippen LogP contribution is -2.32. The molecule has 118 valence electrons. The fourth-order valence-corrected chi connectivity index (χ4v) is 3.14. The third-order valence-electron chi connectivity index (χ3n) is 3.30. The molecule has 2 aromatic rings. The van der Waals surface area contributed by atoms with E-state index in [1.165, 1.54) is 11.3 Å². The molecule has 0 aliphatic carbocycles. The van der Waals surface area contributed by atoms with Gasteiger partial charge in [-0.3, -0.25) is 9.59 Å². The Morgan fingerprint density at radius 3 is 2.48 bits per heavy atom. The summed E-state index contributed by atoms with van der Waals surface area (Å²) >= 11 is 1.29. The monoisotopic (exact) mass is 329 g/mol. The van der Waals surface area contributed by atoms with E-state index in [0.29, 0.717) is 16.3 Å². The molecule has 0 saturated carbocycles. The number of aliphatic hydroxyl groups is 1. The maximum absolute atomic E-state index is 12.7. The van der Waals surface area contributed by atoms with E-state index in [1.807, 2.05) is 13.8 Å². The van der Waals surface area contributed by atoms with Crippen LogP contribution in [0.1, 0.15) is 18.7 Å². The average molecular weight is 329 g/mol. The number of para-hydroxylation sites is 2. The molecule has 0 atom stereocenters. The molecule has 0 spiro atoms. The Balaban J connectivity index is 2.04. The van der Waals surface area contributed by atoms with E-state index in [9.17, 15) is 14.7 Å². The molecule has 1 N–H and O–H groups in total. The topological polar surface area (TPSA) is 66.8 Å². The number of amides is 2. The highest BCUT2D eigenvalue weighted by molar-refractivity contribution is 7.11. The van der Waals surface area contributed by atoms with Crippen LogP contribution in [0.3, 0.4) is 0 Å². The van der Waals surface area contributed by atoms with Crippen LogP contribution in [0.5, 0.6) is 5.75 Å². The van der Waals surface area contributed by atoms with Gasteiger partial charge in [0.1, 0.15) is 11.3 Å². The molecule has 1 aliphatic heterocycles. The van der Waals surface area contributed by atoms with Crippen molar-refractivity contribution in [1.29, 1.82) is 0 Å². The zero-order valence-electron chi connectivity index (χ0n) is 12.6. The van der Waals surface area contributed by atoms with E-state index >= 15 is 0 Å². The Hall–Kier alpha value is -2.60. The van der Waals surface area contributed by atoms with Gasteiger partial charge in [-0.05, 0) is 37.4 Å². The van der Waals surface area contributed by atoms with E-state index in [2.05, 4.69) is 0 Å². The highest BCUT2D eigenvalue weighted by atomic mass is 32.1. The van der Waals surface area contributed by atoms with Gasteiger partial charge in [0, 0.05) is 4.88 Å². The SMILES string of the molecule is CC(C)Oc1ccccc1N1C(=O)C(O)=C(c2cccs2)C1=O. The quantitative estimate of drug-likeness (QED) is 0.873. The first-order valence-electron chi connectivity index (χ1n) is 7.12. The number of hydrogen-bond donors (Lipinski definition) is 1. The molecule has 23 heavy (non-hydrogen) atoms. The Labute approximate surface area is 137 Å². The minimum Gasteiger partial charge on any atom is -0.502 e. The van der Waals surface area contributed by atoms with Gasteiger partial charge in [-0.1, -0.05) is 18.2 Å². The van der Waals surface area contributed by atoms with Crippen molar-refractivity contribution in [3.63, 3.8) is 0 Å². The van der Waals surface area contributed by atoms with Gasteiger partial charge in [-0.15, -0.1) is 11.3 Å². The minimum atomic E-state index is -0.738. The van der Waals surface area contributed by atoms with Gasteiger partial charge < -0.3 is 9.84 Å². The van der Waals surface area contributed by atoms with Crippen LogP contribution < -0.4 is 9.64 Å². The fourth-order valence-electron chi connectivity index (χ4n) is 2.38. The standard InChI is InChI=1S/C17H15NO4S/c1-10(2)22-12-7-4-3-6-11(12)18-16(20)14(15(19)17(18)21)13-8-5-9-23-13/h3-10,19H,1-2H3. The summed E-state index contributed by atoms with van der Waals surface area (Å²) in [6.45, 7) is 3.72. The first-order valence-corrected chi connectivity index (χ1v) is 8.00. The fraction of sp³-hybridized carbons (Fsp3) is 0.176. The number of benzene rings is 1. The summed E-state index contributed by atoms with van der Waals surface area (Å²) in [4.78, 5) is 26.6. The number of nitrogens with zero attached hydrogens (tertiary/aromatic N) is 1. The molecule has 0 radical (unpaired) electrons. The number of ether oxygens (including phenoxy) is 1. The smallest absolute Gasteiger partial charge is 0.301 e. The molecule has 1 aromatic carbocycles. The van der Waals surface area contributed by atoms with Gasteiger partial charge in [0.15, 0.2) is 5.76 Å². The zero-order chi connectivity index (χ0) is 16.6. The van der Waals surface area contributed by atoms with Crippen molar-refractivity contribution in [1.82, 2.24) is 0 Å². The van der Waals surface area contributed by atoms with Crippen LogP contribution in [0.25, 0.3) is 5.57 Å². The van der Waals surface area contributed by atoms with Crippen molar-refractivity contribution in [2.45, 2.75) is 20.0 Å². The summed E-state index contributed by atoms with van der Waals surface area (Å²) in [5.41, 5.74) is 0.360. The maximum atomic E-state index is 12.7. The number of anilines is 1. The lowest BCUT2D eigenvalue weighted by Gasteiger charge is -2.20. The molecule has 1 aliphatic rings. The third kappa shape index (κ3) is 2.61. The van der Waals surface area contributed by atoms with Crippen molar-refractivity contribution >= 4 is 34.4 Å². The van der Waals surface area contributed by atoms with Gasteiger partial charge >= 0.3 is 5.91 Å². The second-order valence-corrected chi connectivity index (χ2v) is 6.23. The second kappa shape index (κ2) is 5.89. The Morgan fingerprint density at radius 1 is 1.09 bits per heavy atom. The summed E-state index contributed by atoms with van der Waals surface area (Å²) in [7, 11) is 0. The first-order chi connectivity index (χ1) is 11.0. The molecule has 1 aromatic heterocycles. The van der Waals surface area contributed by atoms with E-state index in [4.69, 9.17) is 4.74 Å². The van der Waals surface area contributed by atoms with E-state index in [0.717, 1.165) is 4.90 Å². The van der Waals surface area contributed by atoms with E-state index in [1.54, 1.807) is 41.8 Å². The maximum Gasteiger partial charge on any atom is 0.301 e. The van der Waals surface area contributed by atoms with Gasteiger partial charge in [-0.25, -0.2) is 4.90 Å². The summed E-state index contributed by atoms with van der Waals surface area (Å²) in [6, 6.07) is 10.2. The van der Waals surface area contributed by atoms with Crippen LogP contribution in [0.4, 0.5) is 5.69 Å². The molecule has 0 bridgehead atoms. The van der Waals surface area contributed by atoms with E-state index in [-0.39, 0.29) is 11.7 Å². The van der Waals surface area contributed by atoms with Crippen molar-refractivity contribution < 1.29 is 19.4 Å².